The molecule has 0 spiro atoms. The van der Waals surface area contributed by atoms with E-state index in [0.717, 1.165) is 0 Å². The maximum atomic E-state index is 12.5. The van der Waals surface area contributed by atoms with Gasteiger partial charge in [-0.1, -0.05) is 23.2 Å². The number of rotatable bonds is 5. The third-order valence-corrected chi connectivity index (χ3v) is 6.17. The van der Waals surface area contributed by atoms with Crippen LogP contribution in [-0.2, 0) is 14.8 Å². The molecule has 0 saturated heterocycles. The molecule has 0 radical (unpaired) electrons. The minimum Gasteiger partial charge on any atom is -0.495 e. The fourth-order valence-electron chi connectivity index (χ4n) is 2.61. The van der Waals surface area contributed by atoms with E-state index in [0.29, 0.717) is 25.7 Å². The number of sulfonamides is 1. The summed E-state index contributed by atoms with van der Waals surface area (Å²) in [6.45, 7) is 0. The Kier molecular flexibility index (Phi) is 5.78. The van der Waals surface area contributed by atoms with Crippen molar-refractivity contribution < 1.29 is 23.1 Å². The first-order valence-corrected chi connectivity index (χ1v) is 9.26. The Labute approximate surface area is 144 Å². The molecular formula is C14H17Cl2NO5S. The number of carboxylic acids is 1. The molecule has 6 nitrogen and oxygen atoms in total. The molecule has 2 rings (SSSR count). The van der Waals surface area contributed by atoms with Crippen LogP contribution in [0.1, 0.15) is 25.7 Å². The highest BCUT2D eigenvalue weighted by Gasteiger charge is 2.30. The van der Waals surface area contributed by atoms with Crippen molar-refractivity contribution in [2.45, 2.75) is 36.6 Å². The van der Waals surface area contributed by atoms with Gasteiger partial charge in [0.05, 0.1) is 23.1 Å². The van der Waals surface area contributed by atoms with Gasteiger partial charge in [-0.25, -0.2) is 13.1 Å². The largest absolute Gasteiger partial charge is 0.495 e. The van der Waals surface area contributed by atoms with Crippen molar-refractivity contribution in [2.75, 3.05) is 7.11 Å². The Bertz CT molecular complexity index is 699. The fraction of sp³-hybridized carbons (Fsp3) is 0.500. The smallest absolute Gasteiger partial charge is 0.306 e. The quantitative estimate of drug-likeness (QED) is 0.817. The third kappa shape index (κ3) is 4.29. The second kappa shape index (κ2) is 7.25. The SMILES string of the molecule is COc1cc(Cl)c(S(=O)(=O)NC2CCC(C(=O)O)CC2)cc1Cl. The van der Waals surface area contributed by atoms with Gasteiger partial charge in [-0.15, -0.1) is 0 Å². The van der Waals surface area contributed by atoms with Gasteiger partial charge >= 0.3 is 5.97 Å². The lowest BCUT2D eigenvalue weighted by atomic mass is 9.87. The number of hydrogen-bond donors (Lipinski definition) is 2. The molecule has 2 N–H and O–H groups in total. The zero-order valence-corrected chi connectivity index (χ0v) is 14.7. The van der Waals surface area contributed by atoms with Crippen LogP contribution in [0, 0.1) is 5.92 Å². The molecule has 1 saturated carbocycles. The molecule has 0 heterocycles. The van der Waals surface area contributed by atoms with Crippen LogP contribution < -0.4 is 9.46 Å². The number of carboxylic acid groups (broad SMARTS) is 1. The van der Waals surface area contributed by atoms with Crippen LogP contribution in [0.3, 0.4) is 0 Å². The average Bonchev–Trinajstić information content (AvgIpc) is 2.49. The van der Waals surface area contributed by atoms with Crippen molar-refractivity contribution in [1.82, 2.24) is 4.72 Å². The lowest BCUT2D eigenvalue weighted by Crippen LogP contribution is -2.38. The van der Waals surface area contributed by atoms with E-state index >= 15 is 0 Å². The third-order valence-electron chi connectivity index (χ3n) is 3.89. The van der Waals surface area contributed by atoms with Crippen LogP contribution in [0.2, 0.25) is 10.0 Å². The van der Waals surface area contributed by atoms with Gasteiger partial charge in [0.1, 0.15) is 10.6 Å². The number of halogens is 2. The molecule has 1 fully saturated rings. The van der Waals surface area contributed by atoms with Gasteiger partial charge < -0.3 is 9.84 Å². The maximum Gasteiger partial charge on any atom is 0.306 e. The molecule has 23 heavy (non-hydrogen) atoms. The van der Waals surface area contributed by atoms with E-state index < -0.39 is 21.9 Å². The normalized spacial score (nSPS) is 21.9. The molecular weight excluding hydrogens is 365 g/mol. The summed E-state index contributed by atoms with van der Waals surface area (Å²) in [6, 6.07) is 2.28. The molecule has 0 bridgehead atoms. The lowest BCUT2D eigenvalue weighted by molar-refractivity contribution is -0.142. The molecule has 1 aliphatic carbocycles. The van der Waals surface area contributed by atoms with Crippen molar-refractivity contribution in [3.8, 4) is 5.75 Å². The Hall–Kier alpha value is -1.02. The average molecular weight is 382 g/mol. The maximum absolute atomic E-state index is 12.5. The summed E-state index contributed by atoms with van der Waals surface area (Å²) in [7, 11) is -2.44. The summed E-state index contributed by atoms with van der Waals surface area (Å²) in [5.74, 6) is -0.955. The summed E-state index contributed by atoms with van der Waals surface area (Å²) >= 11 is 12.0. The van der Waals surface area contributed by atoms with Gasteiger partial charge in [-0.3, -0.25) is 4.79 Å². The predicted octanol–water partition coefficient (Wildman–Crippen LogP) is 2.92. The number of ether oxygens (including phenoxy) is 1. The summed E-state index contributed by atoms with van der Waals surface area (Å²) in [5.41, 5.74) is 0. The van der Waals surface area contributed by atoms with E-state index in [1.165, 1.54) is 19.2 Å². The number of methoxy groups -OCH3 is 1. The number of hydrogen-bond acceptors (Lipinski definition) is 4. The number of carbonyl (C=O) groups is 1. The monoisotopic (exact) mass is 381 g/mol. The molecule has 1 aromatic carbocycles. The van der Waals surface area contributed by atoms with Crippen molar-refractivity contribution in [1.29, 1.82) is 0 Å². The Balaban J connectivity index is 2.14. The first-order valence-electron chi connectivity index (χ1n) is 7.02. The van der Waals surface area contributed by atoms with Crippen molar-refractivity contribution >= 4 is 39.2 Å². The zero-order valence-electron chi connectivity index (χ0n) is 12.4. The molecule has 0 aliphatic heterocycles. The van der Waals surface area contributed by atoms with Crippen molar-refractivity contribution in [2.24, 2.45) is 5.92 Å². The van der Waals surface area contributed by atoms with Gasteiger partial charge in [-0.2, -0.15) is 0 Å². The lowest BCUT2D eigenvalue weighted by Gasteiger charge is -2.26. The van der Waals surface area contributed by atoms with Crippen molar-refractivity contribution in [3.63, 3.8) is 0 Å². The van der Waals surface area contributed by atoms with Gasteiger partial charge in [0.25, 0.3) is 0 Å². The Morgan fingerprint density at radius 1 is 1.22 bits per heavy atom. The summed E-state index contributed by atoms with van der Waals surface area (Å²) < 4.78 is 32.5. The van der Waals surface area contributed by atoms with Crippen LogP contribution in [0.5, 0.6) is 5.75 Å². The standard InChI is InChI=1S/C14H17Cl2NO5S/c1-22-12-6-11(16)13(7-10(12)15)23(20,21)17-9-4-2-8(3-5-9)14(18)19/h6-9,17H,2-5H2,1H3,(H,18,19). The second-order valence-corrected chi connectivity index (χ2v) is 7.92. The summed E-state index contributed by atoms with van der Waals surface area (Å²) in [4.78, 5) is 10.8. The van der Waals surface area contributed by atoms with Gasteiger partial charge in [-0.05, 0) is 31.7 Å². The van der Waals surface area contributed by atoms with E-state index in [-0.39, 0.29) is 26.7 Å². The zero-order chi connectivity index (χ0) is 17.2. The molecule has 1 aromatic rings. The summed E-state index contributed by atoms with van der Waals surface area (Å²) in [5, 5.41) is 9.13. The van der Waals surface area contributed by atoms with Gasteiger partial charge in [0, 0.05) is 12.1 Å². The van der Waals surface area contributed by atoms with E-state index in [1.54, 1.807) is 0 Å². The highest BCUT2D eigenvalue weighted by atomic mass is 35.5. The molecule has 0 amide bonds. The minimum atomic E-state index is -3.85. The molecule has 0 unspecified atom stereocenters. The second-order valence-electron chi connectivity index (χ2n) is 5.43. The van der Waals surface area contributed by atoms with Crippen LogP contribution in [0.4, 0.5) is 0 Å². The molecule has 128 valence electrons. The molecule has 0 aromatic heterocycles. The Morgan fingerprint density at radius 3 is 2.35 bits per heavy atom. The van der Waals surface area contributed by atoms with Crippen LogP contribution in [0.25, 0.3) is 0 Å². The minimum absolute atomic E-state index is 0.0120. The molecule has 9 heteroatoms. The Morgan fingerprint density at radius 2 is 1.83 bits per heavy atom. The highest BCUT2D eigenvalue weighted by molar-refractivity contribution is 7.89. The van der Waals surface area contributed by atoms with Crippen LogP contribution in [0.15, 0.2) is 17.0 Å². The van der Waals surface area contributed by atoms with E-state index in [1.807, 2.05) is 0 Å². The number of nitrogens with one attached hydrogen (secondary N) is 1. The predicted molar refractivity (Wildman–Crippen MR) is 86.7 cm³/mol. The van der Waals surface area contributed by atoms with E-state index in [9.17, 15) is 13.2 Å². The highest BCUT2D eigenvalue weighted by Crippen LogP contribution is 2.34. The first kappa shape index (κ1) is 18.3. The topological polar surface area (TPSA) is 92.7 Å². The van der Waals surface area contributed by atoms with E-state index in [4.69, 9.17) is 33.0 Å². The first-order chi connectivity index (χ1) is 10.7. The number of benzene rings is 1. The van der Waals surface area contributed by atoms with Gasteiger partial charge in [0.2, 0.25) is 10.0 Å². The summed E-state index contributed by atoms with van der Waals surface area (Å²) in [6.07, 6.45) is 1.83. The number of aliphatic carboxylic acids is 1. The fourth-order valence-corrected chi connectivity index (χ4v) is 4.77. The van der Waals surface area contributed by atoms with Crippen LogP contribution >= 0.6 is 23.2 Å². The molecule has 1 aliphatic rings. The molecule has 0 atom stereocenters. The van der Waals surface area contributed by atoms with E-state index in [2.05, 4.69) is 4.72 Å². The van der Waals surface area contributed by atoms with Crippen molar-refractivity contribution in [3.05, 3.63) is 22.2 Å². The van der Waals surface area contributed by atoms with Gasteiger partial charge in [0.15, 0.2) is 0 Å². The van der Waals surface area contributed by atoms with Crippen LogP contribution in [-0.4, -0.2) is 32.6 Å².